The van der Waals surface area contributed by atoms with Crippen LogP contribution in [0.25, 0.3) is 0 Å². The van der Waals surface area contributed by atoms with Gasteiger partial charge in [0, 0.05) is 31.7 Å². The molecule has 0 atom stereocenters. The van der Waals surface area contributed by atoms with E-state index in [-0.39, 0.29) is 0 Å². The summed E-state index contributed by atoms with van der Waals surface area (Å²) in [5.74, 6) is 0.720. The number of nitrogens with two attached hydrogens (primary N) is 1. The summed E-state index contributed by atoms with van der Waals surface area (Å²) in [6.07, 6.45) is 10.3. The third kappa shape index (κ3) is 5.33. The van der Waals surface area contributed by atoms with Gasteiger partial charge >= 0.3 is 0 Å². The second-order valence-corrected chi connectivity index (χ2v) is 7.80. The SMILES string of the molecule is CCCCCCCc1c(N)nc2c(c1CNC(=S)SC)CNCC2. The van der Waals surface area contributed by atoms with Crippen LogP contribution < -0.4 is 16.4 Å². The number of anilines is 1. The predicted octanol–water partition coefficient (Wildman–Crippen LogP) is 3.56. The monoisotopic (exact) mass is 366 g/mol. The number of unbranched alkanes of at least 4 members (excludes halogenated alkanes) is 4. The van der Waals surface area contributed by atoms with Crippen LogP contribution in [0, 0.1) is 0 Å². The fraction of sp³-hybridized carbons (Fsp3) is 0.667. The van der Waals surface area contributed by atoms with Gasteiger partial charge in [0.2, 0.25) is 0 Å². The smallest absolute Gasteiger partial charge is 0.133 e. The van der Waals surface area contributed by atoms with Crippen molar-refractivity contribution in [2.75, 3.05) is 18.5 Å². The summed E-state index contributed by atoms with van der Waals surface area (Å²) in [5.41, 5.74) is 11.4. The number of nitrogen functional groups attached to an aromatic ring is 1. The zero-order valence-electron chi connectivity index (χ0n) is 14.9. The molecule has 24 heavy (non-hydrogen) atoms. The van der Waals surface area contributed by atoms with Crippen LogP contribution in [0.2, 0.25) is 0 Å². The van der Waals surface area contributed by atoms with Crippen molar-refractivity contribution < 1.29 is 0 Å². The molecule has 6 heteroatoms. The van der Waals surface area contributed by atoms with Crippen LogP contribution in [0.5, 0.6) is 0 Å². The van der Waals surface area contributed by atoms with Gasteiger partial charge in [-0.05, 0) is 35.8 Å². The molecule has 1 aliphatic rings. The minimum absolute atomic E-state index is 0.720. The molecule has 1 aromatic heterocycles. The highest BCUT2D eigenvalue weighted by molar-refractivity contribution is 8.22. The molecule has 0 aliphatic carbocycles. The van der Waals surface area contributed by atoms with Crippen LogP contribution in [-0.2, 0) is 25.9 Å². The van der Waals surface area contributed by atoms with Crippen LogP contribution >= 0.6 is 24.0 Å². The number of thiocarbonyl (C=S) groups is 1. The highest BCUT2D eigenvalue weighted by atomic mass is 32.2. The van der Waals surface area contributed by atoms with Crippen molar-refractivity contribution in [3.63, 3.8) is 0 Å². The van der Waals surface area contributed by atoms with Crippen molar-refractivity contribution in [3.8, 4) is 0 Å². The van der Waals surface area contributed by atoms with E-state index in [4.69, 9.17) is 22.9 Å². The van der Waals surface area contributed by atoms with Crippen LogP contribution in [0.3, 0.4) is 0 Å². The van der Waals surface area contributed by atoms with Crippen molar-refractivity contribution in [1.82, 2.24) is 15.6 Å². The first-order chi connectivity index (χ1) is 11.7. The van der Waals surface area contributed by atoms with Crippen molar-refractivity contribution in [3.05, 3.63) is 22.4 Å². The zero-order valence-corrected chi connectivity index (χ0v) is 16.5. The minimum Gasteiger partial charge on any atom is -0.383 e. The third-order valence-corrected chi connectivity index (χ3v) is 5.77. The lowest BCUT2D eigenvalue weighted by atomic mass is 9.93. The molecule has 1 aromatic rings. The molecule has 4 N–H and O–H groups in total. The summed E-state index contributed by atoms with van der Waals surface area (Å²) >= 11 is 6.89. The Balaban J connectivity index is 2.17. The fourth-order valence-corrected chi connectivity index (χ4v) is 3.55. The lowest BCUT2D eigenvalue weighted by Gasteiger charge is -2.24. The van der Waals surface area contributed by atoms with Crippen LogP contribution in [0.1, 0.15) is 61.4 Å². The molecular formula is C18H30N4S2. The summed E-state index contributed by atoms with van der Waals surface area (Å²) in [5, 5.41) is 6.83. The third-order valence-electron chi connectivity index (χ3n) is 4.61. The maximum Gasteiger partial charge on any atom is 0.133 e. The summed E-state index contributed by atoms with van der Waals surface area (Å²) in [6, 6.07) is 0. The lowest BCUT2D eigenvalue weighted by Crippen LogP contribution is -2.29. The molecule has 0 bridgehead atoms. The van der Waals surface area contributed by atoms with Gasteiger partial charge in [-0.25, -0.2) is 4.98 Å². The Labute approximate surface area is 155 Å². The van der Waals surface area contributed by atoms with Crippen molar-refractivity contribution in [2.45, 2.75) is 65.0 Å². The first-order valence-electron chi connectivity index (χ1n) is 8.98. The summed E-state index contributed by atoms with van der Waals surface area (Å²) in [4.78, 5) is 4.71. The van der Waals surface area contributed by atoms with E-state index in [1.165, 1.54) is 48.8 Å². The number of thioether (sulfide) groups is 1. The van der Waals surface area contributed by atoms with E-state index >= 15 is 0 Å². The van der Waals surface area contributed by atoms with E-state index in [9.17, 15) is 0 Å². The standard InChI is InChI=1S/C18H30N4S2/c1-3-4-5-6-7-8-13-14(12-21-18(23)24-2)15-11-20-10-9-16(15)22-17(13)19/h20H,3-12H2,1-2H3,(H2,19,22)(H,21,23). The molecule has 2 heterocycles. The molecule has 1 aliphatic heterocycles. The van der Waals surface area contributed by atoms with Gasteiger partial charge in [0.25, 0.3) is 0 Å². The Hall–Kier alpha value is -0.850. The maximum absolute atomic E-state index is 6.33. The average Bonchev–Trinajstić information content (AvgIpc) is 2.60. The second kappa shape index (κ2) is 10.2. The highest BCUT2D eigenvalue weighted by Crippen LogP contribution is 2.27. The van der Waals surface area contributed by atoms with Gasteiger partial charge in [0.1, 0.15) is 10.1 Å². The van der Waals surface area contributed by atoms with Gasteiger partial charge < -0.3 is 16.4 Å². The first kappa shape index (κ1) is 19.5. The van der Waals surface area contributed by atoms with E-state index in [0.717, 1.165) is 48.3 Å². The quantitative estimate of drug-likeness (QED) is 0.483. The molecule has 0 fully saturated rings. The van der Waals surface area contributed by atoms with Crippen molar-refractivity contribution >= 4 is 34.1 Å². The van der Waals surface area contributed by atoms with E-state index in [1.807, 2.05) is 6.26 Å². The topological polar surface area (TPSA) is 63.0 Å². The number of nitrogens with zero attached hydrogens (tertiary/aromatic N) is 1. The Bertz CT molecular complexity index is 560. The summed E-state index contributed by atoms with van der Waals surface area (Å²) < 4.78 is 0.830. The van der Waals surface area contributed by atoms with Gasteiger partial charge in [0.05, 0.1) is 0 Å². The normalized spacial score (nSPS) is 13.6. The van der Waals surface area contributed by atoms with Crippen LogP contribution in [0.15, 0.2) is 0 Å². The molecule has 134 valence electrons. The molecule has 0 saturated heterocycles. The Morgan fingerprint density at radius 1 is 1.29 bits per heavy atom. The van der Waals surface area contributed by atoms with Crippen molar-refractivity contribution in [2.24, 2.45) is 0 Å². The van der Waals surface area contributed by atoms with Gasteiger partial charge in [-0.2, -0.15) is 0 Å². The molecule has 0 amide bonds. The van der Waals surface area contributed by atoms with Crippen molar-refractivity contribution in [1.29, 1.82) is 0 Å². The Morgan fingerprint density at radius 2 is 2.08 bits per heavy atom. The Morgan fingerprint density at radius 3 is 2.83 bits per heavy atom. The molecule has 0 spiro atoms. The lowest BCUT2D eigenvalue weighted by molar-refractivity contribution is 0.611. The number of aromatic nitrogens is 1. The molecule has 0 saturated carbocycles. The zero-order chi connectivity index (χ0) is 17.4. The number of nitrogens with one attached hydrogen (secondary N) is 2. The second-order valence-electron chi connectivity index (χ2n) is 6.32. The summed E-state index contributed by atoms with van der Waals surface area (Å²) in [6.45, 7) is 4.86. The van der Waals surface area contributed by atoms with Crippen LogP contribution in [0.4, 0.5) is 5.82 Å². The van der Waals surface area contributed by atoms with E-state index in [1.54, 1.807) is 11.8 Å². The van der Waals surface area contributed by atoms with E-state index in [0.29, 0.717) is 0 Å². The molecule has 0 aromatic carbocycles. The number of hydrogen-bond acceptors (Lipinski definition) is 5. The minimum atomic E-state index is 0.720. The molecule has 0 radical (unpaired) electrons. The fourth-order valence-electron chi connectivity index (χ4n) is 3.26. The van der Waals surface area contributed by atoms with Gasteiger partial charge in [-0.3, -0.25) is 0 Å². The maximum atomic E-state index is 6.33. The van der Waals surface area contributed by atoms with Gasteiger partial charge in [-0.1, -0.05) is 44.8 Å². The van der Waals surface area contributed by atoms with Gasteiger partial charge in [0.15, 0.2) is 0 Å². The molecule has 2 rings (SSSR count). The molecule has 4 nitrogen and oxygen atoms in total. The molecular weight excluding hydrogens is 336 g/mol. The van der Waals surface area contributed by atoms with E-state index in [2.05, 4.69) is 17.6 Å². The number of rotatable bonds is 8. The first-order valence-corrected chi connectivity index (χ1v) is 10.6. The largest absolute Gasteiger partial charge is 0.383 e. The van der Waals surface area contributed by atoms with Gasteiger partial charge in [-0.15, -0.1) is 11.8 Å². The number of pyridine rings is 1. The highest BCUT2D eigenvalue weighted by Gasteiger charge is 2.20. The Kier molecular flexibility index (Phi) is 8.29. The van der Waals surface area contributed by atoms with Crippen LogP contribution in [-0.4, -0.2) is 22.1 Å². The number of fused-ring (bicyclic) bond motifs is 1. The average molecular weight is 367 g/mol. The van der Waals surface area contributed by atoms with E-state index < -0.39 is 0 Å². The summed E-state index contributed by atoms with van der Waals surface area (Å²) in [7, 11) is 0. The number of hydrogen-bond donors (Lipinski definition) is 3. The molecule has 0 unspecified atom stereocenters. The predicted molar refractivity (Wildman–Crippen MR) is 109 cm³/mol.